The van der Waals surface area contributed by atoms with Gasteiger partial charge >= 0.3 is 0 Å². The minimum Gasteiger partial charge on any atom is -0.359 e. The van der Waals surface area contributed by atoms with Gasteiger partial charge in [0.2, 0.25) is 0 Å². The maximum atomic E-state index is 5.33. The lowest BCUT2D eigenvalue weighted by Gasteiger charge is -2.11. The zero-order chi connectivity index (χ0) is 17.2. The lowest BCUT2D eigenvalue weighted by atomic mass is 9.93. The molecule has 7 nitrogen and oxygen atoms in total. The van der Waals surface area contributed by atoms with Crippen molar-refractivity contribution in [3.05, 3.63) is 53.7 Å². The first-order chi connectivity index (χ1) is 11.4. The van der Waals surface area contributed by atoms with Gasteiger partial charge in [0.15, 0.2) is 11.6 Å². The Morgan fingerprint density at radius 2 is 1.92 bits per heavy atom. The van der Waals surface area contributed by atoms with E-state index in [2.05, 4.69) is 46.8 Å². The molecule has 0 spiro atoms. The van der Waals surface area contributed by atoms with Crippen LogP contribution in [0.3, 0.4) is 0 Å². The van der Waals surface area contributed by atoms with Gasteiger partial charge in [-0.05, 0) is 29.5 Å². The van der Waals surface area contributed by atoms with Crippen molar-refractivity contribution in [2.24, 2.45) is 0 Å². The third-order valence-electron chi connectivity index (χ3n) is 3.49. The Labute approximate surface area is 140 Å². The molecule has 0 aliphatic heterocycles. The second-order valence-corrected chi connectivity index (χ2v) is 6.59. The normalized spacial score (nSPS) is 12.0. The van der Waals surface area contributed by atoms with Gasteiger partial charge in [-0.15, -0.1) is 5.10 Å². The number of nitrogens with zero attached hydrogens (tertiary/aromatic N) is 5. The van der Waals surface area contributed by atoms with Crippen LogP contribution in [0.25, 0.3) is 11.8 Å². The number of rotatable bonds is 4. The molecule has 0 unspecified atom stereocenters. The fraction of sp³-hybridized carbons (Fsp3) is 0.294. The van der Waals surface area contributed by atoms with Crippen molar-refractivity contribution in [1.29, 1.82) is 0 Å². The van der Waals surface area contributed by atoms with Crippen molar-refractivity contribution in [2.45, 2.75) is 33.1 Å². The van der Waals surface area contributed by atoms with E-state index in [1.807, 2.05) is 37.3 Å². The molecule has 0 aliphatic rings. The van der Waals surface area contributed by atoms with E-state index in [4.69, 9.17) is 4.52 Å². The highest BCUT2D eigenvalue weighted by molar-refractivity contribution is 5.49. The smallest absolute Gasteiger partial charge is 0.181 e. The molecule has 3 rings (SSSR count). The Balaban J connectivity index is 1.73. The first kappa shape index (κ1) is 15.9. The van der Waals surface area contributed by atoms with Gasteiger partial charge in [0.1, 0.15) is 5.76 Å². The maximum Gasteiger partial charge on any atom is 0.181 e. The highest BCUT2D eigenvalue weighted by Gasteiger charge is 2.19. The monoisotopic (exact) mass is 324 g/mol. The summed E-state index contributed by atoms with van der Waals surface area (Å²) in [5.41, 5.74) is 2.01. The third-order valence-corrected chi connectivity index (χ3v) is 3.49. The Hall–Kier alpha value is -2.96. The van der Waals surface area contributed by atoms with Crippen molar-refractivity contribution in [1.82, 2.24) is 25.4 Å². The van der Waals surface area contributed by atoms with Crippen LogP contribution >= 0.6 is 0 Å². The van der Waals surface area contributed by atoms with Crippen LogP contribution in [0.4, 0.5) is 5.82 Å². The molecule has 124 valence electrons. The number of hydrogen-bond donors (Lipinski definition) is 1. The standard InChI is InChI=1S/C17H20N6O/c1-12-5-7-13(8-6-12)23-16(19-21-22-23)9-10-18-15-11-14(24-20-15)17(2,3)4/h5-11H,1-4H3,(H,18,20). The van der Waals surface area contributed by atoms with Crippen LogP contribution in [0.2, 0.25) is 0 Å². The molecule has 0 fully saturated rings. The van der Waals surface area contributed by atoms with Crippen LogP contribution in [0, 0.1) is 6.92 Å². The van der Waals surface area contributed by atoms with Crippen molar-refractivity contribution in [3.8, 4) is 5.69 Å². The van der Waals surface area contributed by atoms with Gasteiger partial charge < -0.3 is 9.84 Å². The lowest BCUT2D eigenvalue weighted by molar-refractivity contribution is 0.331. The highest BCUT2D eigenvalue weighted by Crippen LogP contribution is 2.24. The number of tetrazole rings is 1. The molecular weight excluding hydrogens is 304 g/mol. The molecule has 24 heavy (non-hydrogen) atoms. The predicted molar refractivity (Wildman–Crippen MR) is 91.8 cm³/mol. The number of aryl methyl sites for hydroxylation is 1. The number of hydrogen-bond acceptors (Lipinski definition) is 6. The van der Waals surface area contributed by atoms with Crippen LogP contribution in [0.1, 0.15) is 37.9 Å². The molecular formula is C17H20N6O. The van der Waals surface area contributed by atoms with Crippen molar-refractivity contribution < 1.29 is 4.52 Å². The Morgan fingerprint density at radius 1 is 1.17 bits per heavy atom. The van der Waals surface area contributed by atoms with E-state index in [1.54, 1.807) is 17.0 Å². The fourth-order valence-corrected chi connectivity index (χ4v) is 2.07. The Morgan fingerprint density at radius 3 is 2.58 bits per heavy atom. The average Bonchev–Trinajstić information content (AvgIpc) is 3.17. The number of anilines is 1. The Kier molecular flexibility index (Phi) is 4.16. The number of nitrogens with one attached hydrogen (secondary N) is 1. The van der Waals surface area contributed by atoms with E-state index < -0.39 is 0 Å². The molecule has 2 aromatic heterocycles. The fourth-order valence-electron chi connectivity index (χ4n) is 2.07. The SMILES string of the molecule is Cc1ccc(-n2nnnc2C=CNc2cc(C(C)(C)C)on2)cc1. The molecule has 1 aromatic carbocycles. The van der Waals surface area contributed by atoms with E-state index in [0.29, 0.717) is 11.6 Å². The maximum absolute atomic E-state index is 5.33. The summed E-state index contributed by atoms with van der Waals surface area (Å²) in [6, 6.07) is 9.87. The van der Waals surface area contributed by atoms with Crippen LogP contribution < -0.4 is 5.32 Å². The lowest BCUT2D eigenvalue weighted by Crippen LogP contribution is -2.09. The minimum absolute atomic E-state index is 0.0772. The second-order valence-electron chi connectivity index (χ2n) is 6.59. The molecule has 0 bridgehead atoms. The molecule has 0 saturated carbocycles. The van der Waals surface area contributed by atoms with Gasteiger partial charge in [-0.2, -0.15) is 4.68 Å². The second kappa shape index (κ2) is 6.27. The third kappa shape index (κ3) is 3.51. The zero-order valence-electron chi connectivity index (χ0n) is 14.2. The zero-order valence-corrected chi connectivity index (χ0v) is 14.2. The highest BCUT2D eigenvalue weighted by atomic mass is 16.5. The first-order valence-electron chi connectivity index (χ1n) is 7.69. The molecule has 0 aliphatic carbocycles. The van der Waals surface area contributed by atoms with Crippen LogP contribution in [0.15, 0.2) is 41.1 Å². The summed E-state index contributed by atoms with van der Waals surface area (Å²) in [6.07, 6.45) is 3.52. The molecule has 3 aromatic rings. The molecule has 0 radical (unpaired) electrons. The van der Waals surface area contributed by atoms with E-state index in [9.17, 15) is 0 Å². The summed E-state index contributed by atoms with van der Waals surface area (Å²) in [5, 5.41) is 18.8. The van der Waals surface area contributed by atoms with Gasteiger partial charge in [0.25, 0.3) is 0 Å². The van der Waals surface area contributed by atoms with Gasteiger partial charge in [-0.3, -0.25) is 0 Å². The minimum atomic E-state index is -0.0772. The van der Waals surface area contributed by atoms with Crippen molar-refractivity contribution >= 4 is 11.9 Å². The molecule has 1 N–H and O–H groups in total. The summed E-state index contributed by atoms with van der Waals surface area (Å²) in [4.78, 5) is 0. The van der Waals surface area contributed by atoms with Gasteiger partial charge in [-0.25, -0.2) is 0 Å². The van der Waals surface area contributed by atoms with Crippen molar-refractivity contribution in [2.75, 3.05) is 5.32 Å². The van der Waals surface area contributed by atoms with E-state index in [1.165, 1.54) is 5.56 Å². The van der Waals surface area contributed by atoms with Gasteiger partial charge in [0.05, 0.1) is 5.69 Å². The number of aromatic nitrogens is 5. The summed E-state index contributed by atoms with van der Waals surface area (Å²) >= 11 is 0. The molecule has 0 atom stereocenters. The van der Waals surface area contributed by atoms with Crippen LogP contribution in [-0.4, -0.2) is 25.4 Å². The van der Waals surface area contributed by atoms with Crippen molar-refractivity contribution in [3.63, 3.8) is 0 Å². The molecule has 2 heterocycles. The van der Waals surface area contributed by atoms with Gasteiger partial charge in [0, 0.05) is 23.8 Å². The topological polar surface area (TPSA) is 81.7 Å². The van der Waals surface area contributed by atoms with Gasteiger partial charge in [-0.1, -0.05) is 43.6 Å². The summed E-state index contributed by atoms with van der Waals surface area (Å²) < 4.78 is 7.00. The predicted octanol–water partition coefficient (Wildman–Crippen LogP) is 3.34. The quantitative estimate of drug-likeness (QED) is 0.792. The first-order valence-corrected chi connectivity index (χ1v) is 7.69. The molecule has 0 amide bonds. The van der Waals surface area contributed by atoms with E-state index >= 15 is 0 Å². The summed E-state index contributed by atoms with van der Waals surface area (Å²) in [5.74, 6) is 2.08. The van der Waals surface area contributed by atoms with E-state index in [-0.39, 0.29) is 5.41 Å². The Bertz CT molecular complexity index is 839. The van der Waals surface area contributed by atoms with Crippen LogP contribution in [0.5, 0.6) is 0 Å². The molecule has 7 heteroatoms. The summed E-state index contributed by atoms with van der Waals surface area (Å²) in [6.45, 7) is 8.26. The summed E-state index contributed by atoms with van der Waals surface area (Å²) in [7, 11) is 0. The molecule has 0 saturated heterocycles. The average molecular weight is 324 g/mol. The largest absolute Gasteiger partial charge is 0.359 e. The number of benzene rings is 1. The van der Waals surface area contributed by atoms with Crippen LogP contribution in [-0.2, 0) is 5.41 Å². The van der Waals surface area contributed by atoms with E-state index in [0.717, 1.165) is 11.4 Å².